The lowest BCUT2D eigenvalue weighted by molar-refractivity contribution is 0.0757. The maximum absolute atomic E-state index is 12.5. The summed E-state index contributed by atoms with van der Waals surface area (Å²) in [5, 5.41) is 7.67. The predicted octanol–water partition coefficient (Wildman–Crippen LogP) is 1.69. The number of carbonyl (C=O) groups excluding carboxylic acids is 1. The Balaban J connectivity index is 1.54. The van der Waals surface area contributed by atoms with Gasteiger partial charge in [-0.3, -0.25) is 9.89 Å². The van der Waals surface area contributed by atoms with Crippen LogP contribution in [0.1, 0.15) is 51.9 Å². The molecule has 0 bridgehead atoms. The number of nitrogens with one attached hydrogen (secondary N) is 1. The van der Waals surface area contributed by atoms with Gasteiger partial charge in [0.25, 0.3) is 5.91 Å². The van der Waals surface area contributed by atoms with Gasteiger partial charge in [-0.15, -0.1) is 0 Å². The largest absolute Gasteiger partial charge is 0.336 e. The van der Waals surface area contributed by atoms with Crippen LogP contribution in [0, 0.1) is 6.92 Å². The minimum atomic E-state index is 0.00679. The number of fused-ring (bicyclic) bond motifs is 1. The SMILES string of the molecule is Cc1nsnc1C(=O)N1CCc2[nH]nc(C3CC3)c2CC1. The average molecular weight is 303 g/mol. The number of aryl methyl sites for hydroxylation is 1. The Morgan fingerprint density at radius 3 is 2.81 bits per heavy atom. The zero-order chi connectivity index (χ0) is 14.4. The molecule has 1 amide bonds. The first kappa shape index (κ1) is 12.9. The Morgan fingerprint density at radius 2 is 2.10 bits per heavy atom. The number of hydrogen-bond acceptors (Lipinski definition) is 5. The fourth-order valence-electron chi connectivity index (χ4n) is 2.98. The maximum atomic E-state index is 12.5. The van der Waals surface area contributed by atoms with E-state index in [-0.39, 0.29) is 5.91 Å². The topological polar surface area (TPSA) is 74.8 Å². The lowest BCUT2D eigenvalue weighted by Crippen LogP contribution is -2.34. The summed E-state index contributed by atoms with van der Waals surface area (Å²) >= 11 is 1.10. The van der Waals surface area contributed by atoms with Gasteiger partial charge < -0.3 is 4.90 Å². The molecule has 4 rings (SSSR count). The van der Waals surface area contributed by atoms with E-state index in [9.17, 15) is 4.79 Å². The van der Waals surface area contributed by atoms with E-state index in [1.807, 2.05) is 11.8 Å². The van der Waals surface area contributed by atoms with Gasteiger partial charge >= 0.3 is 0 Å². The summed E-state index contributed by atoms with van der Waals surface area (Å²) in [5.41, 5.74) is 5.03. The van der Waals surface area contributed by atoms with Crippen LogP contribution in [0.15, 0.2) is 0 Å². The molecular weight excluding hydrogens is 286 g/mol. The third kappa shape index (κ3) is 2.25. The van der Waals surface area contributed by atoms with E-state index in [1.54, 1.807) is 0 Å². The van der Waals surface area contributed by atoms with Crippen molar-refractivity contribution < 1.29 is 4.79 Å². The molecule has 110 valence electrons. The van der Waals surface area contributed by atoms with Gasteiger partial charge in [0, 0.05) is 31.1 Å². The van der Waals surface area contributed by atoms with Crippen LogP contribution in [0.4, 0.5) is 0 Å². The van der Waals surface area contributed by atoms with Crippen LogP contribution in [0.2, 0.25) is 0 Å². The number of amides is 1. The molecule has 0 saturated heterocycles. The van der Waals surface area contributed by atoms with Crippen LogP contribution in [-0.2, 0) is 12.8 Å². The predicted molar refractivity (Wildman–Crippen MR) is 78.5 cm³/mol. The van der Waals surface area contributed by atoms with Crippen molar-refractivity contribution in [2.24, 2.45) is 0 Å². The summed E-state index contributed by atoms with van der Waals surface area (Å²) < 4.78 is 8.23. The van der Waals surface area contributed by atoms with Crippen LogP contribution >= 0.6 is 11.7 Å². The molecule has 0 aromatic carbocycles. The first-order valence-corrected chi connectivity index (χ1v) is 8.11. The summed E-state index contributed by atoms with van der Waals surface area (Å²) in [4.78, 5) is 14.4. The lowest BCUT2D eigenvalue weighted by atomic mass is 10.1. The van der Waals surface area contributed by atoms with E-state index in [0.717, 1.165) is 43.4 Å². The van der Waals surface area contributed by atoms with Crippen molar-refractivity contribution >= 4 is 17.6 Å². The third-order valence-electron chi connectivity index (χ3n) is 4.35. The molecule has 1 saturated carbocycles. The number of aromatic nitrogens is 4. The monoisotopic (exact) mass is 303 g/mol. The highest BCUT2D eigenvalue weighted by Gasteiger charge is 2.32. The molecular formula is C14H17N5OS. The normalized spacial score (nSPS) is 18.4. The molecule has 0 unspecified atom stereocenters. The van der Waals surface area contributed by atoms with Gasteiger partial charge in [-0.05, 0) is 31.7 Å². The molecule has 6 nitrogen and oxygen atoms in total. The van der Waals surface area contributed by atoms with E-state index in [0.29, 0.717) is 11.6 Å². The fraction of sp³-hybridized carbons (Fsp3) is 0.571. The Kier molecular flexibility index (Phi) is 3.02. The van der Waals surface area contributed by atoms with Crippen molar-refractivity contribution in [1.82, 2.24) is 23.8 Å². The van der Waals surface area contributed by atoms with E-state index in [1.165, 1.54) is 29.8 Å². The Morgan fingerprint density at radius 1 is 1.29 bits per heavy atom. The number of H-pyrrole nitrogens is 1. The summed E-state index contributed by atoms with van der Waals surface area (Å²) in [5.74, 6) is 0.657. The molecule has 3 heterocycles. The van der Waals surface area contributed by atoms with E-state index in [2.05, 4.69) is 18.9 Å². The molecule has 2 aromatic rings. The van der Waals surface area contributed by atoms with Crippen LogP contribution in [0.5, 0.6) is 0 Å². The minimum absolute atomic E-state index is 0.00679. The first-order chi connectivity index (χ1) is 10.2. The number of aromatic amines is 1. The molecule has 2 aromatic heterocycles. The molecule has 7 heteroatoms. The van der Waals surface area contributed by atoms with Crippen molar-refractivity contribution in [3.8, 4) is 0 Å². The van der Waals surface area contributed by atoms with Gasteiger partial charge in [0.05, 0.1) is 23.1 Å². The molecule has 1 aliphatic carbocycles. The van der Waals surface area contributed by atoms with Crippen LogP contribution < -0.4 is 0 Å². The number of nitrogens with zero attached hydrogens (tertiary/aromatic N) is 4. The summed E-state index contributed by atoms with van der Waals surface area (Å²) in [6.45, 7) is 3.29. The molecule has 1 fully saturated rings. The van der Waals surface area contributed by atoms with Gasteiger partial charge in [0.2, 0.25) is 0 Å². The highest BCUT2D eigenvalue weighted by molar-refractivity contribution is 6.99. The summed E-state index contributed by atoms with van der Waals surface area (Å²) in [7, 11) is 0. The molecule has 0 atom stereocenters. The Hall–Kier alpha value is -1.76. The van der Waals surface area contributed by atoms with E-state index in [4.69, 9.17) is 0 Å². The number of rotatable bonds is 2. The van der Waals surface area contributed by atoms with Crippen LogP contribution in [0.3, 0.4) is 0 Å². The summed E-state index contributed by atoms with van der Waals surface area (Å²) in [6, 6.07) is 0. The molecule has 1 N–H and O–H groups in total. The highest BCUT2D eigenvalue weighted by Crippen LogP contribution is 2.41. The Bertz CT molecular complexity index is 687. The van der Waals surface area contributed by atoms with Crippen molar-refractivity contribution in [2.45, 2.75) is 38.5 Å². The van der Waals surface area contributed by atoms with Gasteiger partial charge in [-0.1, -0.05) is 0 Å². The summed E-state index contributed by atoms with van der Waals surface area (Å²) in [6.07, 6.45) is 4.24. The van der Waals surface area contributed by atoms with Gasteiger partial charge in [0.15, 0.2) is 5.69 Å². The van der Waals surface area contributed by atoms with Crippen molar-refractivity contribution in [3.05, 3.63) is 28.3 Å². The minimum Gasteiger partial charge on any atom is -0.336 e. The zero-order valence-corrected chi connectivity index (χ0v) is 12.7. The second-order valence-corrected chi connectivity index (χ2v) is 6.36. The average Bonchev–Trinajstić information content (AvgIpc) is 3.18. The van der Waals surface area contributed by atoms with Crippen molar-refractivity contribution in [1.29, 1.82) is 0 Å². The number of hydrogen-bond donors (Lipinski definition) is 1. The van der Waals surface area contributed by atoms with Crippen molar-refractivity contribution in [2.75, 3.05) is 13.1 Å². The Labute approximate surface area is 126 Å². The highest BCUT2D eigenvalue weighted by atomic mass is 32.1. The smallest absolute Gasteiger partial charge is 0.275 e. The number of carbonyl (C=O) groups is 1. The lowest BCUT2D eigenvalue weighted by Gasteiger charge is -2.19. The molecule has 21 heavy (non-hydrogen) atoms. The van der Waals surface area contributed by atoms with Gasteiger partial charge in [-0.25, -0.2) is 0 Å². The van der Waals surface area contributed by atoms with Gasteiger partial charge in [0.1, 0.15) is 0 Å². The molecule has 1 aliphatic heterocycles. The van der Waals surface area contributed by atoms with Crippen molar-refractivity contribution in [3.63, 3.8) is 0 Å². The quantitative estimate of drug-likeness (QED) is 0.916. The standard InChI is InChI=1S/C14H17N5OS/c1-8-12(18-21-17-8)14(20)19-6-4-10-11(5-7-19)15-16-13(10)9-2-3-9/h9H,2-7H2,1H3,(H,15,16). The van der Waals surface area contributed by atoms with Gasteiger partial charge in [-0.2, -0.15) is 13.8 Å². The maximum Gasteiger partial charge on any atom is 0.275 e. The van der Waals surface area contributed by atoms with Crippen LogP contribution in [0.25, 0.3) is 0 Å². The molecule has 0 radical (unpaired) electrons. The second-order valence-electron chi connectivity index (χ2n) is 5.83. The van der Waals surface area contributed by atoms with E-state index < -0.39 is 0 Å². The fourth-order valence-corrected chi connectivity index (χ4v) is 3.52. The zero-order valence-electron chi connectivity index (χ0n) is 11.9. The third-order valence-corrected chi connectivity index (χ3v) is 4.97. The van der Waals surface area contributed by atoms with Crippen LogP contribution in [-0.4, -0.2) is 42.8 Å². The first-order valence-electron chi connectivity index (χ1n) is 7.38. The second kappa shape index (κ2) is 4.91. The molecule has 0 spiro atoms. The van der Waals surface area contributed by atoms with E-state index >= 15 is 0 Å². The molecule has 2 aliphatic rings.